The number of halogens is 1. The van der Waals surface area contributed by atoms with Crippen molar-refractivity contribution in [2.45, 2.75) is 18.2 Å². The van der Waals surface area contributed by atoms with Crippen LogP contribution in [-0.2, 0) is 4.79 Å². The fraction of sp³-hybridized carbons (Fsp3) is 0.182. The van der Waals surface area contributed by atoms with E-state index in [2.05, 4.69) is 34.7 Å². The van der Waals surface area contributed by atoms with Crippen LogP contribution in [0.5, 0.6) is 0 Å². The molecule has 0 aliphatic rings. The smallest absolute Gasteiger partial charge is 0.134 e. The van der Waals surface area contributed by atoms with Crippen LogP contribution >= 0.6 is 34.4 Å². The minimum Gasteiger partial charge on any atom is -0.300 e. The van der Waals surface area contributed by atoms with Crippen molar-refractivity contribution in [3.8, 4) is 0 Å². The maximum Gasteiger partial charge on any atom is 0.134 e. The highest BCUT2D eigenvalue weighted by atomic mass is 127. The predicted octanol–water partition coefficient (Wildman–Crippen LogP) is 4.03. The Kier molecular flexibility index (Phi) is 5.25. The number of hydrogen-bond acceptors (Lipinski definition) is 2. The molecule has 0 aliphatic heterocycles. The molecule has 0 aromatic heterocycles. The molecule has 0 saturated heterocycles. The number of carbonyl (C=O) groups excluding carboxylic acids is 1. The van der Waals surface area contributed by atoms with Gasteiger partial charge in [-0.05, 0) is 47.1 Å². The Bertz CT molecular complexity index is 332. The van der Waals surface area contributed by atoms with Gasteiger partial charge in [0.2, 0.25) is 0 Å². The Labute approximate surface area is 102 Å². The SMILES string of the molecule is CC(=O)C/C(I)=C/Sc1ccccc1. The molecule has 0 saturated carbocycles. The second kappa shape index (κ2) is 6.24. The van der Waals surface area contributed by atoms with Crippen molar-refractivity contribution in [1.82, 2.24) is 0 Å². The monoisotopic (exact) mass is 318 g/mol. The zero-order valence-corrected chi connectivity index (χ0v) is 10.8. The standard InChI is InChI=1S/C11H11IOS/c1-9(13)7-10(12)8-14-11-5-3-2-4-6-11/h2-6,8H,7H2,1H3/b10-8-. The number of benzene rings is 1. The first-order valence-electron chi connectivity index (χ1n) is 4.24. The van der Waals surface area contributed by atoms with Gasteiger partial charge in [0.15, 0.2) is 0 Å². The maximum absolute atomic E-state index is 10.8. The highest BCUT2D eigenvalue weighted by Gasteiger charge is 1.97. The van der Waals surface area contributed by atoms with Crippen LogP contribution < -0.4 is 0 Å². The van der Waals surface area contributed by atoms with Crippen molar-refractivity contribution < 1.29 is 4.79 Å². The summed E-state index contributed by atoms with van der Waals surface area (Å²) >= 11 is 3.85. The lowest BCUT2D eigenvalue weighted by Crippen LogP contribution is -1.87. The van der Waals surface area contributed by atoms with Gasteiger partial charge in [0, 0.05) is 14.9 Å². The van der Waals surface area contributed by atoms with E-state index < -0.39 is 0 Å². The minimum atomic E-state index is 0.208. The van der Waals surface area contributed by atoms with E-state index in [-0.39, 0.29) is 5.78 Å². The van der Waals surface area contributed by atoms with Crippen molar-refractivity contribution in [3.63, 3.8) is 0 Å². The Morgan fingerprint density at radius 2 is 2.07 bits per heavy atom. The number of thioether (sulfide) groups is 1. The summed E-state index contributed by atoms with van der Waals surface area (Å²) in [6.45, 7) is 1.61. The molecular formula is C11H11IOS. The summed E-state index contributed by atoms with van der Waals surface area (Å²) in [6.07, 6.45) is 0.542. The van der Waals surface area contributed by atoms with Gasteiger partial charge < -0.3 is 0 Å². The average molecular weight is 318 g/mol. The number of Topliss-reactive ketones (excluding diaryl/α,β-unsaturated/α-hetero) is 1. The molecule has 1 nitrogen and oxygen atoms in total. The summed E-state index contributed by atoms with van der Waals surface area (Å²) in [7, 11) is 0. The Morgan fingerprint density at radius 1 is 1.43 bits per heavy atom. The molecule has 0 heterocycles. The molecule has 0 N–H and O–H groups in total. The van der Waals surface area contributed by atoms with Gasteiger partial charge in [-0.2, -0.15) is 0 Å². The fourth-order valence-electron chi connectivity index (χ4n) is 0.911. The Morgan fingerprint density at radius 3 is 2.64 bits per heavy atom. The normalized spacial score (nSPS) is 11.4. The molecule has 1 aromatic rings. The van der Waals surface area contributed by atoms with Crippen LogP contribution in [0.1, 0.15) is 13.3 Å². The highest BCUT2D eigenvalue weighted by Crippen LogP contribution is 2.24. The summed E-state index contributed by atoms with van der Waals surface area (Å²) in [4.78, 5) is 12.0. The third-order valence-electron chi connectivity index (χ3n) is 1.48. The van der Waals surface area contributed by atoms with E-state index in [0.29, 0.717) is 6.42 Å². The zero-order chi connectivity index (χ0) is 10.4. The average Bonchev–Trinajstić information content (AvgIpc) is 2.15. The van der Waals surface area contributed by atoms with Gasteiger partial charge in [-0.25, -0.2) is 0 Å². The van der Waals surface area contributed by atoms with Gasteiger partial charge >= 0.3 is 0 Å². The molecule has 3 heteroatoms. The lowest BCUT2D eigenvalue weighted by molar-refractivity contribution is -0.116. The molecular weight excluding hydrogens is 307 g/mol. The number of carbonyl (C=O) groups is 1. The van der Waals surface area contributed by atoms with Crippen molar-refractivity contribution in [3.05, 3.63) is 39.3 Å². The van der Waals surface area contributed by atoms with Crippen LogP contribution in [-0.4, -0.2) is 5.78 Å². The number of ketones is 1. The van der Waals surface area contributed by atoms with E-state index in [0.717, 1.165) is 3.58 Å². The lowest BCUT2D eigenvalue weighted by atomic mass is 10.3. The predicted molar refractivity (Wildman–Crippen MR) is 69.7 cm³/mol. The van der Waals surface area contributed by atoms with Crippen molar-refractivity contribution in [2.75, 3.05) is 0 Å². The van der Waals surface area contributed by atoms with Crippen molar-refractivity contribution in [2.24, 2.45) is 0 Å². The molecule has 0 atom stereocenters. The molecule has 14 heavy (non-hydrogen) atoms. The third-order valence-corrected chi connectivity index (χ3v) is 3.55. The number of allylic oxidation sites excluding steroid dienone is 1. The molecule has 0 fully saturated rings. The van der Waals surface area contributed by atoms with Crippen LogP contribution in [0.15, 0.2) is 44.2 Å². The van der Waals surface area contributed by atoms with Crippen LogP contribution in [0, 0.1) is 0 Å². The van der Waals surface area contributed by atoms with Gasteiger partial charge in [0.25, 0.3) is 0 Å². The Balaban J connectivity index is 2.51. The molecule has 0 aliphatic carbocycles. The van der Waals surface area contributed by atoms with E-state index in [4.69, 9.17) is 0 Å². The second-order valence-corrected chi connectivity index (χ2v) is 5.20. The molecule has 1 aromatic carbocycles. The topological polar surface area (TPSA) is 17.1 Å². The summed E-state index contributed by atoms with van der Waals surface area (Å²) in [5, 5.41) is 2.03. The fourth-order valence-corrected chi connectivity index (χ4v) is 2.49. The van der Waals surface area contributed by atoms with E-state index in [1.807, 2.05) is 23.6 Å². The van der Waals surface area contributed by atoms with E-state index >= 15 is 0 Å². The van der Waals surface area contributed by atoms with Gasteiger partial charge in [-0.3, -0.25) is 4.79 Å². The summed E-state index contributed by atoms with van der Waals surface area (Å²) in [5.74, 6) is 0.208. The minimum absolute atomic E-state index is 0.208. The van der Waals surface area contributed by atoms with Crippen LogP contribution in [0.4, 0.5) is 0 Å². The van der Waals surface area contributed by atoms with Crippen molar-refractivity contribution >= 4 is 40.1 Å². The van der Waals surface area contributed by atoms with Gasteiger partial charge in [0.05, 0.1) is 0 Å². The van der Waals surface area contributed by atoms with E-state index in [1.54, 1.807) is 18.7 Å². The van der Waals surface area contributed by atoms with Crippen LogP contribution in [0.3, 0.4) is 0 Å². The second-order valence-electron chi connectivity index (χ2n) is 2.87. The van der Waals surface area contributed by atoms with Gasteiger partial charge in [0.1, 0.15) is 5.78 Å². The molecule has 0 amide bonds. The first kappa shape index (κ1) is 11.8. The summed E-state index contributed by atoms with van der Waals surface area (Å²) < 4.78 is 1.09. The zero-order valence-electron chi connectivity index (χ0n) is 7.87. The molecule has 74 valence electrons. The van der Waals surface area contributed by atoms with Gasteiger partial charge in [-0.1, -0.05) is 30.0 Å². The van der Waals surface area contributed by atoms with E-state index in [1.165, 1.54) is 4.90 Å². The Hall–Kier alpha value is -0.290. The largest absolute Gasteiger partial charge is 0.300 e. The van der Waals surface area contributed by atoms with Crippen LogP contribution in [0.2, 0.25) is 0 Å². The summed E-state index contributed by atoms with van der Waals surface area (Å²) in [6, 6.07) is 10.1. The van der Waals surface area contributed by atoms with Gasteiger partial charge in [-0.15, -0.1) is 0 Å². The number of rotatable bonds is 4. The summed E-state index contributed by atoms with van der Waals surface area (Å²) in [5.41, 5.74) is 0. The quantitative estimate of drug-likeness (QED) is 0.616. The maximum atomic E-state index is 10.8. The molecule has 0 bridgehead atoms. The lowest BCUT2D eigenvalue weighted by Gasteiger charge is -1.96. The molecule has 0 radical (unpaired) electrons. The van der Waals surface area contributed by atoms with E-state index in [9.17, 15) is 4.79 Å². The number of hydrogen-bond donors (Lipinski definition) is 0. The molecule has 0 unspecified atom stereocenters. The third kappa shape index (κ3) is 4.81. The molecule has 0 spiro atoms. The first-order chi connectivity index (χ1) is 6.68. The molecule has 1 rings (SSSR count). The van der Waals surface area contributed by atoms with Crippen LogP contribution in [0.25, 0.3) is 0 Å². The highest BCUT2D eigenvalue weighted by molar-refractivity contribution is 14.1. The first-order valence-corrected chi connectivity index (χ1v) is 6.20. The van der Waals surface area contributed by atoms with Crippen molar-refractivity contribution in [1.29, 1.82) is 0 Å².